The molecule has 4 aromatic rings. The highest BCUT2D eigenvalue weighted by molar-refractivity contribution is 6.31. The largest absolute Gasteiger partial charge is 0.496 e. The van der Waals surface area contributed by atoms with Gasteiger partial charge in [0.05, 0.1) is 29.3 Å². The summed E-state index contributed by atoms with van der Waals surface area (Å²) >= 11 is 6.23. The number of piperazine rings is 1. The van der Waals surface area contributed by atoms with E-state index in [0.717, 1.165) is 24.2 Å². The van der Waals surface area contributed by atoms with Crippen molar-refractivity contribution in [2.24, 2.45) is 0 Å². The SMILES string of the molecule is COc1ccc(F)c(Cl)c1C(C)Oc1c(N)ncc2c(-c3ccc(C(=O)N4CCNCC4)cc3)coc12. The molecule has 1 unspecified atom stereocenters. The van der Waals surface area contributed by atoms with Crippen LogP contribution in [0.5, 0.6) is 11.5 Å². The zero-order valence-corrected chi connectivity index (χ0v) is 21.1. The summed E-state index contributed by atoms with van der Waals surface area (Å²) in [4.78, 5) is 18.9. The number of halogens is 2. The Morgan fingerprint density at radius 1 is 1.22 bits per heavy atom. The number of furan rings is 1. The van der Waals surface area contributed by atoms with Gasteiger partial charge in [-0.2, -0.15) is 0 Å². The number of benzene rings is 2. The van der Waals surface area contributed by atoms with Crippen molar-refractivity contribution in [3.63, 3.8) is 0 Å². The molecule has 0 saturated carbocycles. The molecule has 0 aliphatic carbocycles. The molecule has 1 amide bonds. The van der Waals surface area contributed by atoms with Crippen LogP contribution < -0.4 is 20.5 Å². The van der Waals surface area contributed by atoms with E-state index in [2.05, 4.69) is 10.3 Å². The highest BCUT2D eigenvalue weighted by Crippen LogP contribution is 2.42. The fraction of sp³-hybridized carbons (Fsp3) is 0.259. The van der Waals surface area contributed by atoms with Crippen LogP contribution in [-0.4, -0.2) is 49.1 Å². The molecule has 1 fully saturated rings. The molecule has 1 atom stereocenters. The monoisotopic (exact) mass is 524 g/mol. The minimum atomic E-state index is -0.725. The standard InChI is InChI=1S/C27H26ClFN4O4/c1-15(22-21(35-2)8-7-20(29)23(22)28)37-25-24-18(13-32-26(25)30)19(14-36-24)16-3-5-17(6-4-16)27(34)33-11-9-31-10-12-33/h3-8,13-15,31H,9-12H2,1-2H3,(H2,30,32). The number of carbonyl (C=O) groups excluding carboxylic acids is 1. The van der Waals surface area contributed by atoms with Crippen molar-refractivity contribution in [2.75, 3.05) is 39.0 Å². The van der Waals surface area contributed by atoms with Crippen molar-refractivity contribution in [2.45, 2.75) is 13.0 Å². The first kappa shape index (κ1) is 24.9. The first-order chi connectivity index (χ1) is 17.9. The Hall–Kier alpha value is -3.82. The van der Waals surface area contributed by atoms with E-state index in [4.69, 9.17) is 31.2 Å². The number of nitrogens with zero attached hydrogens (tertiary/aromatic N) is 2. The van der Waals surface area contributed by atoms with Gasteiger partial charge in [-0.1, -0.05) is 23.7 Å². The lowest BCUT2D eigenvalue weighted by molar-refractivity contribution is 0.0736. The Bertz CT molecular complexity index is 1450. The summed E-state index contributed by atoms with van der Waals surface area (Å²) < 4.78 is 31.5. The number of nitrogen functional groups attached to an aromatic ring is 1. The summed E-state index contributed by atoms with van der Waals surface area (Å²) in [6, 6.07) is 10.1. The summed E-state index contributed by atoms with van der Waals surface area (Å²) in [5, 5.41) is 3.83. The number of aromatic nitrogens is 1. The first-order valence-corrected chi connectivity index (χ1v) is 12.2. The predicted octanol–water partition coefficient (Wildman–Crippen LogP) is 5.06. The minimum Gasteiger partial charge on any atom is -0.496 e. The number of anilines is 1. The van der Waals surface area contributed by atoms with Crippen LogP contribution in [0.25, 0.3) is 22.1 Å². The average molecular weight is 525 g/mol. The van der Waals surface area contributed by atoms with Crippen LogP contribution in [0, 0.1) is 5.82 Å². The molecule has 8 nitrogen and oxygen atoms in total. The van der Waals surface area contributed by atoms with Crippen LogP contribution in [-0.2, 0) is 0 Å². The van der Waals surface area contributed by atoms with Crippen molar-refractivity contribution in [3.05, 3.63) is 70.8 Å². The van der Waals surface area contributed by atoms with E-state index in [0.29, 0.717) is 40.9 Å². The molecule has 192 valence electrons. The number of hydrogen-bond donors (Lipinski definition) is 2. The Balaban J connectivity index is 1.45. The molecule has 37 heavy (non-hydrogen) atoms. The van der Waals surface area contributed by atoms with E-state index in [1.54, 1.807) is 31.5 Å². The number of nitrogens with one attached hydrogen (secondary N) is 1. The fourth-order valence-corrected chi connectivity index (χ4v) is 4.81. The van der Waals surface area contributed by atoms with E-state index in [1.807, 2.05) is 17.0 Å². The van der Waals surface area contributed by atoms with Crippen LogP contribution in [0.1, 0.15) is 28.9 Å². The van der Waals surface area contributed by atoms with Crippen molar-refractivity contribution < 1.29 is 23.1 Å². The van der Waals surface area contributed by atoms with Gasteiger partial charge in [-0.25, -0.2) is 9.37 Å². The number of carbonyl (C=O) groups is 1. The molecule has 2 aromatic carbocycles. The molecule has 0 spiro atoms. The number of rotatable bonds is 6. The molecule has 0 bridgehead atoms. The number of amides is 1. The highest BCUT2D eigenvalue weighted by Gasteiger charge is 2.24. The van der Waals surface area contributed by atoms with E-state index in [-0.39, 0.29) is 22.5 Å². The Labute approximate surface area is 218 Å². The summed E-state index contributed by atoms with van der Waals surface area (Å²) in [5.74, 6) is 0.132. The molecule has 0 radical (unpaired) electrons. The lowest BCUT2D eigenvalue weighted by atomic mass is 10.0. The second kappa shape index (κ2) is 10.3. The average Bonchev–Trinajstić information content (AvgIpc) is 3.36. The third-order valence-electron chi connectivity index (χ3n) is 6.46. The third-order valence-corrected chi connectivity index (χ3v) is 6.85. The van der Waals surface area contributed by atoms with E-state index in [1.165, 1.54) is 19.2 Å². The molecule has 1 aliphatic rings. The van der Waals surface area contributed by atoms with Gasteiger partial charge in [0, 0.05) is 43.5 Å². The van der Waals surface area contributed by atoms with Gasteiger partial charge < -0.3 is 29.8 Å². The van der Waals surface area contributed by atoms with Crippen LogP contribution in [0.15, 0.2) is 53.3 Å². The number of ether oxygens (including phenoxy) is 2. The van der Waals surface area contributed by atoms with Gasteiger partial charge in [0.25, 0.3) is 5.91 Å². The lowest BCUT2D eigenvalue weighted by Gasteiger charge is -2.27. The van der Waals surface area contributed by atoms with Gasteiger partial charge >= 0.3 is 0 Å². The second-order valence-corrected chi connectivity index (χ2v) is 9.10. The predicted molar refractivity (Wildman–Crippen MR) is 140 cm³/mol. The molecular weight excluding hydrogens is 499 g/mol. The van der Waals surface area contributed by atoms with Crippen molar-refractivity contribution >= 4 is 34.3 Å². The normalized spacial score (nSPS) is 14.5. The molecular formula is C27H26ClFN4O4. The smallest absolute Gasteiger partial charge is 0.253 e. The van der Waals surface area contributed by atoms with Crippen LogP contribution >= 0.6 is 11.6 Å². The van der Waals surface area contributed by atoms with E-state index >= 15 is 0 Å². The Morgan fingerprint density at radius 2 is 1.95 bits per heavy atom. The maximum Gasteiger partial charge on any atom is 0.253 e. The van der Waals surface area contributed by atoms with Gasteiger partial charge in [-0.3, -0.25) is 4.79 Å². The van der Waals surface area contributed by atoms with Gasteiger partial charge in [0.15, 0.2) is 11.4 Å². The molecule has 3 N–H and O–H groups in total. The molecule has 3 heterocycles. The number of methoxy groups -OCH3 is 1. The third kappa shape index (κ3) is 4.68. The number of hydrogen-bond acceptors (Lipinski definition) is 7. The van der Waals surface area contributed by atoms with Gasteiger partial charge in [0.1, 0.15) is 17.7 Å². The topological polar surface area (TPSA) is 103 Å². The van der Waals surface area contributed by atoms with E-state index in [9.17, 15) is 9.18 Å². The quantitative estimate of drug-likeness (QED) is 0.363. The number of nitrogens with two attached hydrogens (primary N) is 1. The maximum atomic E-state index is 14.2. The van der Waals surface area contributed by atoms with Crippen molar-refractivity contribution in [1.82, 2.24) is 15.2 Å². The summed E-state index contributed by atoms with van der Waals surface area (Å²) in [6.45, 7) is 4.67. The second-order valence-electron chi connectivity index (χ2n) is 8.72. The molecule has 5 rings (SSSR count). The van der Waals surface area contributed by atoms with Crippen LogP contribution in [0.2, 0.25) is 5.02 Å². The summed E-state index contributed by atoms with van der Waals surface area (Å²) in [6.07, 6.45) is 2.47. The number of pyridine rings is 1. The van der Waals surface area contributed by atoms with Crippen LogP contribution in [0.4, 0.5) is 10.2 Å². The maximum absolute atomic E-state index is 14.2. The Morgan fingerprint density at radius 3 is 2.65 bits per heavy atom. The van der Waals surface area contributed by atoms with E-state index < -0.39 is 11.9 Å². The first-order valence-electron chi connectivity index (χ1n) is 11.8. The van der Waals surface area contributed by atoms with Gasteiger partial charge in [0.2, 0.25) is 5.75 Å². The van der Waals surface area contributed by atoms with Gasteiger partial charge in [-0.05, 0) is 36.8 Å². The number of fused-ring (bicyclic) bond motifs is 1. The highest BCUT2D eigenvalue weighted by atomic mass is 35.5. The summed E-state index contributed by atoms with van der Waals surface area (Å²) in [7, 11) is 1.47. The fourth-order valence-electron chi connectivity index (χ4n) is 4.50. The zero-order chi connectivity index (χ0) is 26.1. The minimum absolute atomic E-state index is 0.00986. The van der Waals surface area contributed by atoms with Gasteiger partial charge in [-0.15, -0.1) is 0 Å². The zero-order valence-electron chi connectivity index (χ0n) is 20.4. The molecule has 2 aromatic heterocycles. The van der Waals surface area contributed by atoms with Crippen molar-refractivity contribution in [1.29, 1.82) is 0 Å². The molecule has 1 saturated heterocycles. The lowest BCUT2D eigenvalue weighted by Crippen LogP contribution is -2.46. The van der Waals surface area contributed by atoms with Crippen molar-refractivity contribution in [3.8, 4) is 22.6 Å². The Kier molecular flexibility index (Phi) is 6.90. The van der Waals surface area contributed by atoms with Crippen LogP contribution in [0.3, 0.4) is 0 Å². The molecule has 10 heteroatoms. The summed E-state index contributed by atoms with van der Waals surface area (Å²) in [5.41, 5.74) is 9.11. The molecule has 1 aliphatic heterocycles.